The van der Waals surface area contributed by atoms with E-state index in [0.717, 1.165) is 44.9 Å². The van der Waals surface area contributed by atoms with Gasteiger partial charge in [0.15, 0.2) is 12.6 Å². The molecule has 7 N–H and O–H groups in total. The van der Waals surface area contributed by atoms with Crippen LogP contribution in [0.4, 0.5) is 0 Å². The van der Waals surface area contributed by atoms with Crippen molar-refractivity contribution in [1.82, 2.24) is 0 Å². The lowest BCUT2D eigenvalue weighted by molar-refractivity contribution is -0.332. The molecule has 2 saturated heterocycles. The van der Waals surface area contributed by atoms with Gasteiger partial charge in [-0.05, 0) is 70.6 Å². The molecule has 0 amide bonds. The first kappa shape index (κ1) is 79.3. The van der Waals surface area contributed by atoms with Gasteiger partial charge in [0.05, 0.1) is 26.4 Å². The topological polar surface area (TPSA) is 214 Å². The van der Waals surface area contributed by atoms with Crippen LogP contribution in [0.5, 0.6) is 0 Å². The van der Waals surface area contributed by atoms with E-state index in [1.54, 1.807) is 0 Å². The average Bonchev–Trinajstić information content (AvgIpc) is 3.68. The van der Waals surface area contributed by atoms with Gasteiger partial charge in [-0.25, -0.2) is 0 Å². The van der Waals surface area contributed by atoms with Gasteiger partial charge >= 0.3 is 5.97 Å². The number of allylic oxidation sites excluding steroid dienone is 6. The Morgan fingerprint density at radius 2 is 0.729 bits per heavy atom. The summed E-state index contributed by atoms with van der Waals surface area (Å²) >= 11 is 0. The zero-order chi connectivity index (χ0) is 61.5. The molecule has 85 heavy (non-hydrogen) atoms. The average molecular weight is 1210 g/mol. The van der Waals surface area contributed by atoms with Gasteiger partial charge in [-0.1, -0.05) is 269 Å². The van der Waals surface area contributed by atoms with Crippen LogP contribution in [0.25, 0.3) is 0 Å². The van der Waals surface area contributed by atoms with Gasteiger partial charge in [-0.2, -0.15) is 0 Å². The van der Waals surface area contributed by atoms with E-state index in [2.05, 4.69) is 50.3 Å². The van der Waals surface area contributed by atoms with Gasteiger partial charge < -0.3 is 64.2 Å². The number of ether oxygens (including phenoxy) is 6. The zero-order valence-corrected chi connectivity index (χ0v) is 54.4. The fraction of sp³-hybridized carbons (Fsp3) is 0.901. The minimum Gasteiger partial charge on any atom is -0.457 e. The molecule has 2 rings (SSSR count). The molecule has 0 bridgehead atoms. The Kier molecular flexibility index (Phi) is 53.5. The number of carbonyl (C=O) groups excluding carboxylic acids is 1. The molecular weight excluding hydrogens is 1080 g/mol. The summed E-state index contributed by atoms with van der Waals surface area (Å²) in [6.45, 7) is 3.75. The quantitative estimate of drug-likeness (QED) is 0.0171. The summed E-state index contributed by atoms with van der Waals surface area (Å²) < 4.78 is 34.6. The summed E-state index contributed by atoms with van der Waals surface area (Å²) in [6.07, 6.45) is 55.1. The second-order valence-electron chi connectivity index (χ2n) is 25.1. The maximum absolute atomic E-state index is 13.2. The first-order valence-corrected chi connectivity index (χ1v) is 35.6. The maximum Gasteiger partial charge on any atom is 0.306 e. The smallest absolute Gasteiger partial charge is 0.306 e. The van der Waals surface area contributed by atoms with E-state index in [-0.39, 0.29) is 25.6 Å². The van der Waals surface area contributed by atoms with Crippen molar-refractivity contribution in [1.29, 1.82) is 0 Å². The Balaban J connectivity index is 1.63. The fourth-order valence-electron chi connectivity index (χ4n) is 11.4. The number of hydrogen-bond donors (Lipinski definition) is 7. The van der Waals surface area contributed by atoms with Crippen LogP contribution in [0.3, 0.4) is 0 Å². The normalized spacial score (nSPS) is 23.3. The summed E-state index contributed by atoms with van der Waals surface area (Å²) in [5, 5.41) is 72.6. The summed E-state index contributed by atoms with van der Waals surface area (Å²) in [6, 6.07) is 0. The molecule has 2 fully saturated rings. The largest absolute Gasteiger partial charge is 0.457 e. The van der Waals surface area contributed by atoms with Crippen LogP contribution >= 0.6 is 0 Å². The van der Waals surface area contributed by atoms with Crippen LogP contribution in [0.1, 0.15) is 309 Å². The van der Waals surface area contributed by atoms with E-state index in [0.29, 0.717) is 13.0 Å². The molecule has 2 aliphatic rings. The minimum absolute atomic E-state index is 0.0649. The van der Waals surface area contributed by atoms with Crippen molar-refractivity contribution in [2.75, 3.05) is 33.0 Å². The summed E-state index contributed by atoms with van der Waals surface area (Å²) in [5.41, 5.74) is 0. The van der Waals surface area contributed by atoms with Gasteiger partial charge in [0.2, 0.25) is 0 Å². The highest BCUT2D eigenvalue weighted by Crippen LogP contribution is 2.27. The lowest BCUT2D eigenvalue weighted by Crippen LogP contribution is -2.61. The van der Waals surface area contributed by atoms with Gasteiger partial charge in [-0.15, -0.1) is 0 Å². The van der Waals surface area contributed by atoms with Crippen LogP contribution in [-0.2, 0) is 33.2 Å². The lowest BCUT2D eigenvalue weighted by atomic mass is 9.98. The summed E-state index contributed by atoms with van der Waals surface area (Å²) in [5.74, 6) is -0.371. The monoisotopic (exact) mass is 1210 g/mol. The molecule has 11 unspecified atom stereocenters. The van der Waals surface area contributed by atoms with Crippen LogP contribution in [0.2, 0.25) is 0 Å². The molecule has 0 aromatic heterocycles. The number of carbonyl (C=O) groups is 1. The second-order valence-corrected chi connectivity index (χ2v) is 25.1. The molecule has 14 heteroatoms. The third-order valence-corrected chi connectivity index (χ3v) is 17.1. The van der Waals surface area contributed by atoms with Gasteiger partial charge in [0.1, 0.15) is 54.9 Å². The number of unbranched alkanes of at least 4 members (excludes halogenated alkanes) is 40. The van der Waals surface area contributed by atoms with Gasteiger partial charge in [0, 0.05) is 13.0 Å². The first-order chi connectivity index (χ1) is 41.6. The van der Waals surface area contributed by atoms with Crippen molar-refractivity contribution in [3.63, 3.8) is 0 Å². The van der Waals surface area contributed by atoms with Crippen molar-refractivity contribution in [2.24, 2.45) is 0 Å². The SMILES string of the molecule is CCCCCCC/C=C\C/C=C\CCCCCCCCCCCCCCCC(=O)OC(COCCCCCCCCCCCCCCCC/C=C\CCCCCCCCCC)COC1OC(COC2OC(CO)C(O)C(O)C2O)C(O)C(O)C1O. The maximum atomic E-state index is 13.2. The molecule has 0 spiro atoms. The second kappa shape index (κ2) is 57.4. The number of rotatable bonds is 60. The number of aliphatic hydroxyl groups excluding tert-OH is 7. The Labute approximate surface area is 519 Å². The van der Waals surface area contributed by atoms with Gasteiger partial charge in [0.25, 0.3) is 0 Å². The molecule has 0 aromatic rings. The standard InChI is InChI=1S/C71H132O14/c1-3-5-7-9-11-13-15-17-19-21-23-25-27-29-31-33-35-37-39-41-43-45-47-49-51-53-55-80-57-60(58-81-70-69(79)67(77)65(75)62(85-70)59-82-71-68(78)66(76)64(74)61(56-72)84-71)83-63(73)54-52-50-48-46-44-42-40-38-36-34-32-30-28-26-24-22-20-18-16-14-12-10-8-6-4-2/h16,18,21-24,60-62,64-72,74-79H,3-15,17,19-20,25-59H2,1-2H3/b18-16-,23-21-,24-22-. The molecular formula is C71H132O14. The summed E-state index contributed by atoms with van der Waals surface area (Å²) in [7, 11) is 0. The molecule has 2 aliphatic heterocycles. The summed E-state index contributed by atoms with van der Waals surface area (Å²) in [4.78, 5) is 13.2. The number of hydrogen-bond acceptors (Lipinski definition) is 14. The predicted octanol–water partition coefficient (Wildman–Crippen LogP) is 15.2. The third kappa shape index (κ3) is 42.8. The zero-order valence-electron chi connectivity index (χ0n) is 54.4. The molecule has 2 heterocycles. The van der Waals surface area contributed by atoms with Crippen LogP contribution in [0.15, 0.2) is 36.5 Å². The first-order valence-electron chi connectivity index (χ1n) is 35.6. The van der Waals surface area contributed by atoms with E-state index in [9.17, 15) is 40.5 Å². The number of aliphatic hydroxyl groups is 7. The molecule has 0 radical (unpaired) electrons. The molecule has 0 saturated carbocycles. The van der Waals surface area contributed by atoms with Gasteiger partial charge in [-0.3, -0.25) is 4.79 Å². The van der Waals surface area contributed by atoms with E-state index in [4.69, 9.17) is 28.4 Å². The molecule has 500 valence electrons. The van der Waals surface area contributed by atoms with Crippen LogP contribution < -0.4 is 0 Å². The van der Waals surface area contributed by atoms with E-state index >= 15 is 0 Å². The third-order valence-electron chi connectivity index (χ3n) is 17.1. The van der Waals surface area contributed by atoms with Crippen molar-refractivity contribution in [3.05, 3.63) is 36.5 Å². The van der Waals surface area contributed by atoms with Crippen molar-refractivity contribution in [2.45, 2.75) is 377 Å². The van der Waals surface area contributed by atoms with E-state index < -0.39 is 80.7 Å². The van der Waals surface area contributed by atoms with Crippen LogP contribution in [-0.4, -0.2) is 142 Å². The molecule has 0 aromatic carbocycles. The molecule has 0 aliphatic carbocycles. The van der Waals surface area contributed by atoms with E-state index in [1.807, 2.05) is 0 Å². The number of esters is 1. The van der Waals surface area contributed by atoms with Crippen molar-refractivity contribution < 1.29 is 69.0 Å². The predicted molar refractivity (Wildman–Crippen MR) is 344 cm³/mol. The minimum atomic E-state index is -1.71. The molecule has 11 atom stereocenters. The Bertz CT molecular complexity index is 1550. The van der Waals surface area contributed by atoms with Crippen LogP contribution in [0, 0.1) is 0 Å². The Morgan fingerprint density at radius 1 is 0.388 bits per heavy atom. The van der Waals surface area contributed by atoms with Crippen molar-refractivity contribution in [3.8, 4) is 0 Å². The Hall–Kier alpha value is -1.79. The van der Waals surface area contributed by atoms with E-state index in [1.165, 1.54) is 238 Å². The lowest BCUT2D eigenvalue weighted by Gasteiger charge is -2.42. The highest BCUT2D eigenvalue weighted by molar-refractivity contribution is 5.69. The highest BCUT2D eigenvalue weighted by atomic mass is 16.7. The fourth-order valence-corrected chi connectivity index (χ4v) is 11.4. The van der Waals surface area contributed by atoms with Crippen molar-refractivity contribution >= 4 is 5.97 Å². The Morgan fingerprint density at radius 3 is 1.14 bits per heavy atom. The highest BCUT2D eigenvalue weighted by Gasteiger charge is 2.47. The molecule has 14 nitrogen and oxygen atoms in total.